The van der Waals surface area contributed by atoms with E-state index < -0.39 is 11.7 Å². The molecule has 0 aromatic heterocycles. The van der Waals surface area contributed by atoms with Crippen molar-refractivity contribution in [1.29, 1.82) is 5.26 Å². The molecular weight excluding hydrogens is 255 g/mol. The monoisotopic (exact) mass is 269 g/mol. The molecule has 19 heavy (non-hydrogen) atoms. The third-order valence-electron chi connectivity index (χ3n) is 3.37. The molecule has 1 aromatic rings. The maximum Gasteiger partial charge on any atom is 0.419 e. The third-order valence-corrected chi connectivity index (χ3v) is 3.37. The average molecular weight is 269 g/mol. The van der Waals surface area contributed by atoms with E-state index in [1.54, 1.807) is 0 Å². The van der Waals surface area contributed by atoms with E-state index in [-0.39, 0.29) is 17.9 Å². The SMILES string of the molecule is N#Cc1ccc(C(F)(F)F)c(OCC2CCCC2)c1. The molecule has 1 saturated carbocycles. The van der Waals surface area contributed by atoms with Gasteiger partial charge in [0.1, 0.15) is 5.75 Å². The van der Waals surface area contributed by atoms with Crippen LogP contribution in [-0.4, -0.2) is 6.61 Å². The van der Waals surface area contributed by atoms with Gasteiger partial charge in [-0.2, -0.15) is 18.4 Å². The minimum absolute atomic E-state index is 0.175. The predicted molar refractivity (Wildman–Crippen MR) is 63.6 cm³/mol. The number of halogens is 3. The number of nitriles is 1. The Morgan fingerprint density at radius 2 is 1.95 bits per heavy atom. The summed E-state index contributed by atoms with van der Waals surface area (Å²) in [5.74, 6) is 0.0882. The molecule has 1 aliphatic rings. The Morgan fingerprint density at radius 1 is 1.26 bits per heavy atom. The summed E-state index contributed by atoms with van der Waals surface area (Å²) in [6.45, 7) is 0.290. The van der Waals surface area contributed by atoms with Crippen LogP contribution in [0.5, 0.6) is 5.75 Å². The zero-order valence-corrected chi connectivity index (χ0v) is 10.3. The maximum absolute atomic E-state index is 12.8. The van der Waals surface area contributed by atoms with E-state index >= 15 is 0 Å². The first-order valence-corrected chi connectivity index (χ1v) is 6.25. The van der Waals surface area contributed by atoms with E-state index in [1.165, 1.54) is 0 Å². The Labute approximate surface area is 109 Å². The number of hydrogen-bond donors (Lipinski definition) is 0. The topological polar surface area (TPSA) is 33.0 Å². The lowest BCUT2D eigenvalue weighted by Gasteiger charge is -2.16. The lowest BCUT2D eigenvalue weighted by atomic mass is 10.1. The van der Waals surface area contributed by atoms with Crippen LogP contribution in [0.25, 0.3) is 0 Å². The van der Waals surface area contributed by atoms with Gasteiger partial charge in [-0.1, -0.05) is 12.8 Å². The molecule has 1 aliphatic carbocycles. The van der Waals surface area contributed by atoms with Gasteiger partial charge >= 0.3 is 6.18 Å². The number of benzene rings is 1. The van der Waals surface area contributed by atoms with Crippen molar-refractivity contribution in [2.75, 3.05) is 6.61 Å². The highest BCUT2D eigenvalue weighted by Crippen LogP contribution is 2.37. The molecule has 2 nitrogen and oxygen atoms in total. The summed E-state index contributed by atoms with van der Waals surface area (Å²) in [6, 6.07) is 5.05. The highest BCUT2D eigenvalue weighted by Gasteiger charge is 2.34. The lowest BCUT2D eigenvalue weighted by molar-refractivity contribution is -0.139. The second-order valence-electron chi connectivity index (χ2n) is 4.78. The van der Waals surface area contributed by atoms with Crippen LogP contribution >= 0.6 is 0 Å². The van der Waals surface area contributed by atoms with Gasteiger partial charge in [0.25, 0.3) is 0 Å². The first-order valence-electron chi connectivity index (χ1n) is 6.25. The molecule has 0 unspecified atom stereocenters. The van der Waals surface area contributed by atoms with Crippen molar-refractivity contribution in [3.05, 3.63) is 29.3 Å². The van der Waals surface area contributed by atoms with Gasteiger partial charge in [-0.3, -0.25) is 0 Å². The van der Waals surface area contributed by atoms with Crippen LogP contribution in [0.2, 0.25) is 0 Å². The summed E-state index contributed by atoms with van der Waals surface area (Å²) >= 11 is 0. The second-order valence-corrected chi connectivity index (χ2v) is 4.78. The van der Waals surface area contributed by atoms with E-state index in [2.05, 4.69) is 0 Å². The molecule has 1 aromatic carbocycles. The van der Waals surface area contributed by atoms with E-state index in [1.807, 2.05) is 6.07 Å². The molecule has 0 N–H and O–H groups in total. The number of nitrogens with zero attached hydrogens (tertiary/aromatic N) is 1. The molecular formula is C14H14F3NO. The average Bonchev–Trinajstić information content (AvgIpc) is 2.88. The normalized spacial score (nSPS) is 16.3. The van der Waals surface area contributed by atoms with Crippen LogP contribution < -0.4 is 4.74 Å². The van der Waals surface area contributed by atoms with Crippen molar-refractivity contribution in [2.24, 2.45) is 5.92 Å². The van der Waals surface area contributed by atoms with Crippen LogP contribution in [-0.2, 0) is 6.18 Å². The Kier molecular flexibility index (Phi) is 3.98. The summed E-state index contributed by atoms with van der Waals surface area (Å²) in [5.41, 5.74) is -0.640. The van der Waals surface area contributed by atoms with Crippen molar-refractivity contribution >= 4 is 0 Å². The van der Waals surface area contributed by atoms with Gasteiger partial charge in [0, 0.05) is 0 Å². The Hall–Kier alpha value is -1.70. The smallest absolute Gasteiger partial charge is 0.419 e. The number of rotatable bonds is 3. The summed E-state index contributed by atoms with van der Waals surface area (Å²) in [4.78, 5) is 0. The molecule has 0 saturated heterocycles. The Morgan fingerprint density at radius 3 is 2.53 bits per heavy atom. The molecule has 0 bridgehead atoms. The van der Waals surface area contributed by atoms with Crippen LogP contribution in [0.15, 0.2) is 18.2 Å². The maximum atomic E-state index is 12.8. The van der Waals surface area contributed by atoms with E-state index in [0.717, 1.165) is 43.9 Å². The summed E-state index contributed by atoms with van der Waals surface area (Å²) in [7, 11) is 0. The van der Waals surface area contributed by atoms with Crippen molar-refractivity contribution in [2.45, 2.75) is 31.9 Å². The van der Waals surface area contributed by atoms with Gasteiger partial charge in [-0.05, 0) is 37.0 Å². The van der Waals surface area contributed by atoms with Crippen LogP contribution in [0, 0.1) is 17.2 Å². The molecule has 102 valence electrons. The number of ether oxygens (including phenoxy) is 1. The summed E-state index contributed by atoms with van der Waals surface area (Å²) in [5, 5.41) is 8.75. The first-order chi connectivity index (χ1) is 9.00. The van der Waals surface area contributed by atoms with Crippen molar-refractivity contribution < 1.29 is 17.9 Å². The minimum atomic E-state index is -4.46. The van der Waals surface area contributed by atoms with Gasteiger partial charge in [-0.15, -0.1) is 0 Å². The second kappa shape index (κ2) is 5.52. The van der Waals surface area contributed by atoms with Gasteiger partial charge in [0.05, 0.1) is 23.8 Å². The summed E-state index contributed by atoms with van der Waals surface area (Å²) in [6.07, 6.45) is -0.242. The molecule has 0 amide bonds. The molecule has 0 heterocycles. The van der Waals surface area contributed by atoms with Crippen LogP contribution in [0.1, 0.15) is 36.8 Å². The standard InChI is InChI=1S/C14H14F3NO/c15-14(16,17)12-6-5-11(8-18)7-13(12)19-9-10-3-1-2-4-10/h5-7,10H,1-4,9H2. The number of hydrogen-bond acceptors (Lipinski definition) is 2. The Balaban J connectivity index is 2.18. The van der Waals surface area contributed by atoms with Gasteiger partial charge < -0.3 is 4.74 Å². The number of alkyl halides is 3. The van der Waals surface area contributed by atoms with Gasteiger partial charge in [0.15, 0.2) is 0 Å². The molecule has 0 aliphatic heterocycles. The lowest BCUT2D eigenvalue weighted by Crippen LogP contribution is -2.13. The fourth-order valence-corrected chi connectivity index (χ4v) is 2.33. The van der Waals surface area contributed by atoms with Crippen molar-refractivity contribution in [3.8, 4) is 11.8 Å². The molecule has 0 atom stereocenters. The van der Waals surface area contributed by atoms with Crippen molar-refractivity contribution in [3.63, 3.8) is 0 Å². The quantitative estimate of drug-likeness (QED) is 0.826. The fraction of sp³-hybridized carbons (Fsp3) is 0.500. The highest BCUT2D eigenvalue weighted by molar-refractivity contribution is 5.43. The zero-order valence-electron chi connectivity index (χ0n) is 10.3. The minimum Gasteiger partial charge on any atom is -0.493 e. The zero-order chi connectivity index (χ0) is 13.9. The summed E-state index contributed by atoms with van der Waals surface area (Å²) < 4.78 is 43.8. The van der Waals surface area contributed by atoms with E-state index in [9.17, 15) is 13.2 Å². The van der Waals surface area contributed by atoms with E-state index in [4.69, 9.17) is 10.00 Å². The first kappa shape index (κ1) is 13.7. The largest absolute Gasteiger partial charge is 0.493 e. The predicted octanol–water partition coefficient (Wildman–Crippen LogP) is 4.15. The fourth-order valence-electron chi connectivity index (χ4n) is 2.33. The third kappa shape index (κ3) is 3.40. The van der Waals surface area contributed by atoms with Crippen LogP contribution in [0.3, 0.4) is 0 Å². The van der Waals surface area contributed by atoms with Gasteiger partial charge in [-0.25, -0.2) is 0 Å². The van der Waals surface area contributed by atoms with Crippen molar-refractivity contribution in [1.82, 2.24) is 0 Å². The molecule has 0 spiro atoms. The molecule has 2 rings (SSSR count). The van der Waals surface area contributed by atoms with Crippen LogP contribution in [0.4, 0.5) is 13.2 Å². The molecule has 0 radical (unpaired) electrons. The Bertz CT molecular complexity index is 484. The van der Waals surface area contributed by atoms with E-state index in [0.29, 0.717) is 5.92 Å². The molecule has 1 fully saturated rings. The highest BCUT2D eigenvalue weighted by atomic mass is 19.4. The van der Waals surface area contributed by atoms with Gasteiger partial charge in [0.2, 0.25) is 0 Å². The molecule has 5 heteroatoms.